The topological polar surface area (TPSA) is 35.9 Å². The summed E-state index contributed by atoms with van der Waals surface area (Å²) >= 11 is 0. The molecule has 2 aliphatic rings. The van der Waals surface area contributed by atoms with Crippen LogP contribution in [0.25, 0.3) is 22.2 Å². The highest BCUT2D eigenvalue weighted by atomic mass is 16.5. The maximum Gasteiger partial charge on any atom is 0.120 e. The van der Waals surface area contributed by atoms with Gasteiger partial charge in [0.2, 0.25) is 0 Å². The molecule has 2 fully saturated rings. The van der Waals surface area contributed by atoms with Crippen LogP contribution in [0, 0.1) is 12.8 Å². The number of piperidine rings is 1. The van der Waals surface area contributed by atoms with Crippen LogP contribution < -0.4 is 14.2 Å². The molecule has 1 saturated carbocycles. The van der Waals surface area contributed by atoms with Gasteiger partial charge >= 0.3 is 0 Å². The zero-order valence-corrected chi connectivity index (χ0v) is 28.3. The molecular weight excluding hydrogens is 604 g/mol. The molecule has 5 aromatic carbocycles. The Morgan fingerprint density at radius 2 is 1.27 bits per heavy atom. The first-order chi connectivity index (χ1) is 24.2. The van der Waals surface area contributed by atoms with Crippen molar-refractivity contribution in [2.45, 2.75) is 52.0 Å². The lowest BCUT2D eigenvalue weighted by molar-refractivity contribution is 0.172. The molecular formula is C44H44N2O3. The van der Waals surface area contributed by atoms with Crippen LogP contribution in [0.5, 0.6) is 17.2 Å². The average molecular weight is 649 g/mol. The van der Waals surface area contributed by atoms with Gasteiger partial charge in [-0.15, -0.1) is 0 Å². The highest BCUT2D eigenvalue weighted by Crippen LogP contribution is 2.38. The van der Waals surface area contributed by atoms with Gasteiger partial charge in [0.05, 0.1) is 5.69 Å². The van der Waals surface area contributed by atoms with E-state index in [2.05, 4.69) is 107 Å². The van der Waals surface area contributed by atoms with Crippen molar-refractivity contribution in [2.75, 3.05) is 19.7 Å². The first-order valence-electron chi connectivity index (χ1n) is 17.7. The number of fused-ring (bicyclic) bond motifs is 3. The third kappa shape index (κ3) is 7.09. The zero-order valence-electron chi connectivity index (χ0n) is 28.3. The summed E-state index contributed by atoms with van der Waals surface area (Å²) in [5.41, 5.74) is 8.31. The number of aryl methyl sites for hydroxylation is 1. The summed E-state index contributed by atoms with van der Waals surface area (Å²) in [6.45, 7) is 7.07. The van der Waals surface area contributed by atoms with E-state index in [0.29, 0.717) is 13.2 Å². The van der Waals surface area contributed by atoms with Crippen LogP contribution in [0.2, 0.25) is 0 Å². The summed E-state index contributed by atoms with van der Waals surface area (Å²) in [5.74, 6) is 3.59. The Balaban J connectivity index is 1.03. The van der Waals surface area contributed by atoms with Crippen molar-refractivity contribution in [1.29, 1.82) is 0 Å². The van der Waals surface area contributed by atoms with Crippen molar-refractivity contribution < 1.29 is 14.2 Å². The molecule has 2 heterocycles. The van der Waals surface area contributed by atoms with Gasteiger partial charge in [0, 0.05) is 36.6 Å². The molecule has 0 amide bonds. The molecule has 1 aliphatic carbocycles. The zero-order chi connectivity index (χ0) is 33.0. The van der Waals surface area contributed by atoms with Gasteiger partial charge in [-0.1, -0.05) is 72.8 Å². The van der Waals surface area contributed by atoms with Gasteiger partial charge < -0.3 is 18.8 Å². The van der Waals surface area contributed by atoms with Crippen molar-refractivity contribution >= 4 is 10.9 Å². The van der Waals surface area contributed by atoms with E-state index in [1.807, 2.05) is 36.4 Å². The molecule has 0 radical (unpaired) electrons. The number of aromatic nitrogens is 1. The highest BCUT2D eigenvalue weighted by Gasteiger charge is 2.37. The second-order valence-electron chi connectivity index (χ2n) is 13.6. The van der Waals surface area contributed by atoms with E-state index in [4.69, 9.17) is 14.2 Å². The Labute approximate surface area is 289 Å². The lowest BCUT2D eigenvalue weighted by Gasteiger charge is -2.26. The number of likely N-dealkylation sites (tertiary alicyclic amines) is 1. The standard InChI is InChI=1S/C44H44N2O3/c1-32-42-27-41(49-31-35-10-6-3-7-11-35)22-23-43(42)46(44(32)37-15-20-40(21-16-37)48-30-34-8-4-2-5-9-34)29-33-13-18-39(19-14-33)47-25-24-45-28-36-12-17-38(45)26-36/h2-11,13-16,18-23,27,36,38H,12,17,24-26,28-31H2,1H3. The first-order valence-corrected chi connectivity index (χ1v) is 17.7. The Morgan fingerprint density at radius 1 is 0.633 bits per heavy atom. The minimum absolute atomic E-state index is 0.539. The smallest absolute Gasteiger partial charge is 0.120 e. The molecule has 248 valence electrons. The minimum atomic E-state index is 0.539. The first kappa shape index (κ1) is 31.3. The third-order valence-corrected chi connectivity index (χ3v) is 10.3. The Hall–Kier alpha value is -5.00. The predicted octanol–water partition coefficient (Wildman–Crippen LogP) is 9.69. The molecule has 8 rings (SSSR count). The second-order valence-corrected chi connectivity index (χ2v) is 13.6. The van der Waals surface area contributed by atoms with Gasteiger partial charge in [0.15, 0.2) is 0 Å². The van der Waals surface area contributed by atoms with Crippen LogP contribution in [-0.4, -0.2) is 35.2 Å². The summed E-state index contributed by atoms with van der Waals surface area (Å²) < 4.78 is 21.0. The molecule has 1 saturated heterocycles. The van der Waals surface area contributed by atoms with E-state index < -0.39 is 0 Å². The van der Waals surface area contributed by atoms with Crippen LogP contribution in [0.15, 0.2) is 127 Å². The fraction of sp³-hybridized carbons (Fsp3) is 0.273. The fourth-order valence-corrected chi connectivity index (χ4v) is 7.77. The van der Waals surface area contributed by atoms with Gasteiger partial charge in [-0.2, -0.15) is 0 Å². The number of ether oxygens (including phenoxy) is 3. The Morgan fingerprint density at radius 3 is 1.92 bits per heavy atom. The lowest BCUT2D eigenvalue weighted by atomic mass is 10.1. The van der Waals surface area contributed by atoms with E-state index in [1.54, 1.807) is 0 Å². The highest BCUT2D eigenvalue weighted by molar-refractivity contribution is 5.92. The second kappa shape index (κ2) is 14.2. The van der Waals surface area contributed by atoms with E-state index in [9.17, 15) is 0 Å². The number of hydrogen-bond acceptors (Lipinski definition) is 4. The van der Waals surface area contributed by atoms with Crippen LogP contribution in [-0.2, 0) is 19.8 Å². The van der Waals surface area contributed by atoms with Crippen molar-refractivity contribution in [3.8, 4) is 28.5 Å². The van der Waals surface area contributed by atoms with E-state index in [1.165, 1.54) is 53.5 Å². The van der Waals surface area contributed by atoms with Gasteiger partial charge in [-0.25, -0.2) is 0 Å². The number of hydrogen-bond donors (Lipinski definition) is 0. The SMILES string of the molecule is Cc1c(-c2ccc(OCc3ccccc3)cc2)n(Cc2ccc(OCCN3CC4CCC3C4)cc2)c2ccc(OCc3ccccc3)cc12. The van der Waals surface area contributed by atoms with Crippen LogP contribution in [0.4, 0.5) is 0 Å². The van der Waals surface area contributed by atoms with E-state index in [0.717, 1.165) is 65.6 Å². The number of benzene rings is 5. The molecule has 2 bridgehead atoms. The summed E-state index contributed by atoms with van der Waals surface area (Å²) in [6, 6.07) is 45.0. The number of rotatable bonds is 13. The van der Waals surface area contributed by atoms with E-state index >= 15 is 0 Å². The average Bonchev–Trinajstić information content (AvgIpc) is 3.85. The van der Waals surface area contributed by atoms with Gasteiger partial charge in [-0.05, 0) is 115 Å². The monoisotopic (exact) mass is 648 g/mol. The fourth-order valence-electron chi connectivity index (χ4n) is 7.77. The molecule has 49 heavy (non-hydrogen) atoms. The molecule has 1 aromatic heterocycles. The number of nitrogens with zero attached hydrogens (tertiary/aromatic N) is 2. The Kier molecular flexibility index (Phi) is 9.09. The quantitative estimate of drug-likeness (QED) is 0.125. The van der Waals surface area contributed by atoms with Crippen molar-refractivity contribution in [3.63, 3.8) is 0 Å². The molecule has 0 spiro atoms. The summed E-state index contributed by atoms with van der Waals surface area (Å²) in [6.07, 6.45) is 4.17. The van der Waals surface area contributed by atoms with Crippen LogP contribution in [0.1, 0.15) is 41.5 Å². The van der Waals surface area contributed by atoms with Gasteiger partial charge in [0.25, 0.3) is 0 Å². The largest absolute Gasteiger partial charge is 0.492 e. The maximum absolute atomic E-state index is 6.26. The minimum Gasteiger partial charge on any atom is -0.492 e. The van der Waals surface area contributed by atoms with Gasteiger partial charge in [-0.3, -0.25) is 4.90 Å². The summed E-state index contributed by atoms with van der Waals surface area (Å²) in [4.78, 5) is 2.63. The van der Waals surface area contributed by atoms with Gasteiger partial charge in [0.1, 0.15) is 37.1 Å². The molecule has 2 atom stereocenters. The van der Waals surface area contributed by atoms with Crippen LogP contribution in [0.3, 0.4) is 0 Å². The third-order valence-electron chi connectivity index (χ3n) is 10.3. The van der Waals surface area contributed by atoms with Crippen molar-refractivity contribution in [1.82, 2.24) is 9.47 Å². The van der Waals surface area contributed by atoms with Crippen molar-refractivity contribution in [3.05, 3.63) is 150 Å². The summed E-state index contributed by atoms with van der Waals surface area (Å²) in [7, 11) is 0. The van der Waals surface area contributed by atoms with Crippen LogP contribution >= 0.6 is 0 Å². The van der Waals surface area contributed by atoms with E-state index in [-0.39, 0.29) is 0 Å². The predicted molar refractivity (Wildman–Crippen MR) is 197 cm³/mol. The molecule has 5 heteroatoms. The Bertz CT molecular complexity index is 1980. The summed E-state index contributed by atoms with van der Waals surface area (Å²) in [5, 5.41) is 1.19. The molecule has 5 nitrogen and oxygen atoms in total. The molecule has 0 N–H and O–H groups in total. The molecule has 1 aliphatic heterocycles. The van der Waals surface area contributed by atoms with Crippen molar-refractivity contribution in [2.24, 2.45) is 5.92 Å². The lowest BCUT2D eigenvalue weighted by Crippen LogP contribution is -2.35. The molecule has 2 unspecified atom stereocenters. The maximum atomic E-state index is 6.26. The molecule has 6 aromatic rings. The normalized spacial score (nSPS) is 17.1.